The topological polar surface area (TPSA) is 0 Å². The Balaban J connectivity index is 1.75. The Morgan fingerprint density at radius 3 is 1.67 bits per heavy atom. The molecule has 0 fully saturated rings. The van der Waals surface area contributed by atoms with Crippen LogP contribution in [0.5, 0.6) is 0 Å². The monoisotopic (exact) mass is 292 g/mol. The highest BCUT2D eigenvalue weighted by molar-refractivity contribution is 6.22. The molecule has 21 heavy (non-hydrogen) atoms. The van der Waals surface area contributed by atoms with Crippen molar-refractivity contribution >= 4 is 11.6 Å². The van der Waals surface area contributed by atoms with E-state index in [4.69, 9.17) is 11.6 Å². The van der Waals surface area contributed by atoms with Gasteiger partial charge >= 0.3 is 0 Å². The highest BCUT2D eigenvalue weighted by atomic mass is 35.5. The Labute approximate surface area is 131 Å². The van der Waals surface area contributed by atoms with E-state index in [0.29, 0.717) is 0 Å². The van der Waals surface area contributed by atoms with Crippen LogP contribution in [-0.4, -0.2) is 0 Å². The molecule has 0 aromatic heterocycles. The van der Waals surface area contributed by atoms with Crippen molar-refractivity contribution in [1.29, 1.82) is 0 Å². The fourth-order valence-corrected chi connectivity index (χ4v) is 2.74. The maximum absolute atomic E-state index is 6.54. The van der Waals surface area contributed by atoms with Crippen molar-refractivity contribution in [2.24, 2.45) is 0 Å². The standard InChI is InChI=1S/C20H17Cl/c21-20(18-9-5-2-6-10-18)19-13-11-17(12-14-19)15-16-7-3-1-4-8-16/h1-14,20H,15H2. The van der Waals surface area contributed by atoms with E-state index in [-0.39, 0.29) is 5.38 Å². The Bertz CT molecular complexity index is 672. The molecule has 104 valence electrons. The van der Waals surface area contributed by atoms with Gasteiger partial charge in [0.2, 0.25) is 0 Å². The molecule has 0 bridgehead atoms. The quantitative estimate of drug-likeness (QED) is 0.549. The summed E-state index contributed by atoms with van der Waals surface area (Å²) in [6.45, 7) is 0. The van der Waals surface area contributed by atoms with Crippen molar-refractivity contribution in [2.45, 2.75) is 11.8 Å². The molecule has 0 aliphatic rings. The first-order valence-electron chi connectivity index (χ1n) is 7.15. The molecule has 0 saturated carbocycles. The minimum atomic E-state index is -0.0861. The van der Waals surface area contributed by atoms with Crippen LogP contribution in [0.4, 0.5) is 0 Å². The van der Waals surface area contributed by atoms with Gasteiger partial charge < -0.3 is 0 Å². The SMILES string of the molecule is ClC(c1ccccc1)c1ccc(Cc2ccccc2)cc1. The molecule has 0 N–H and O–H groups in total. The van der Waals surface area contributed by atoms with Gasteiger partial charge in [-0.2, -0.15) is 0 Å². The lowest BCUT2D eigenvalue weighted by Crippen LogP contribution is -1.94. The van der Waals surface area contributed by atoms with Gasteiger partial charge in [0.1, 0.15) is 0 Å². The first-order chi connectivity index (χ1) is 10.3. The van der Waals surface area contributed by atoms with Crippen molar-refractivity contribution < 1.29 is 0 Å². The molecule has 0 radical (unpaired) electrons. The number of rotatable bonds is 4. The second-order valence-electron chi connectivity index (χ2n) is 5.18. The third-order valence-corrected chi connectivity index (χ3v) is 4.12. The van der Waals surface area contributed by atoms with E-state index in [1.807, 2.05) is 24.3 Å². The molecule has 1 atom stereocenters. The minimum absolute atomic E-state index is 0.0861. The lowest BCUT2D eigenvalue weighted by molar-refractivity contribution is 1.12. The highest BCUT2D eigenvalue weighted by Crippen LogP contribution is 2.28. The Morgan fingerprint density at radius 2 is 1.05 bits per heavy atom. The van der Waals surface area contributed by atoms with Crippen LogP contribution in [0.2, 0.25) is 0 Å². The molecule has 0 nitrogen and oxygen atoms in total. The summed E-state index contributed by atoms with van der Waals surface area (Å²) in [6.07, 6.45) is 0.958. The normalized spacial score (nSPS) is 12.0. The maximum Gasteiger partial charge on any atom is 0.0835 e. The second kappa shape index (κ2) is 6.60. The third kappa shape index (κ3) is 3.53. The number of alkyl halides is 1. The fourth-order valence-electron chi connectivity index (χ4n) is 2.45. The maximum atomic E-state index is 6.54. The predicted molar refractivity (Wildman–Crippen MR) is 89.8 cm³/mol. The number of hydrogen-bond acceptors (Lipinski definition) is 0. The van der Waals surface area contributed by atoms with Crippen LogP contribution < -0.4 is 0 Å². The third-order valence-electron chi connectivity index (χ3n) is 3.62. The van der Waals surface area contributed by atoms with Gasteiger partial charge in [-0.05, 0) is 28.7 Å². The summed E-state index contributed by atoms with van der Waals surface area (Å²) in [5, 5.41) is -0.0861. The average molecular weight is 293 g/mol. The number of hydrogen-bond donors (Lipinski definition) is 0. The molecule has 1 heteroatoms. The Kier molecular flexibility index (Phi) is 4.37. The Hall–Kier alpha value is -2.05. The molecule has 3 aromatic carbocycles. The molecular weight excluding hydrogens is 276 g/mol. The molecule has 0 aliphatic heterocycles. The van der Waals surface area contributed by atoms with E-state index in [1.165, 1.54) is 11.1 Å². The van der Waals surface area contributed by atoms with Crippen molar-refractivity contribution in [1.82, 2.24) is 0 Å². The summed E-state index contributed by atoms with van der Waals surface area (Å²) in [5.41, 5.74) is 4.91. The van der Waals surface area contributed by atoms with Crippen molar-refractivity contribution in [3.05, 3.63) is 107 Å². The lowest BCUT2D eigenvalue weighted by Gasteiger charge is -2.11. The van der Waals surface area contributed by atoms with Gasteiger partial charge in [0.25, 0.3) is 0 Å². The summed E-state index contributed by atoms with van der Waals surface area (Å²) in [4.78, 5) is 0. The van der Waals surface area contributed by atoms with Crippen LogP contribution in [0, 0.1) is 0 Å². The largest absolute Gasteiger partial charge is 0.113 e. The van der Waals surface area contributed by atoms with Crippen LogP contribution in [0.25, 0.3) is 0 Å². The predicted octanol–water partition coefficient (Wildman–Crippen LogP) is 5.61. The van der Waals surface area contributed by atoms with E-state index in [1.54, 1.807) is 0 Å². The summed E-state index contributed by atoms with van der Waals surface area (Å²) in [5.74, 6) is 0. The fraction of sp³-hybridized carbons (Fsp3) is 0.100. The molecule has 0 spiro atoms. The van der Waals surface area contributed by atoms with Crippen molar-refractivity contribution in [3.63, 3.8) is 0 Å². The highest BCUT2D eigenvalue weighted by Gasteiger charge is 2.09. The zero-order valence-electron chi connectivity index (χ0n) is 11.7. The molecule has 3 aromatic rings. The van der Waals surface area contributed by atoms with Gasteiger partial charge in [0.15, 0.2) is 0 Å². The number of benzene rings is 3. The van der Waals surface area contributed by atoms with E-state index in [0.717, 1.165) is 17.5 Å². The minimum Gasteiger partial charge on any atom is -0.113 e. The Morgan fingerprint density at radius 1 is 0.571 bits per heavy atom. The van der Waals surface area contributed by atoms with Crippen molar-refractivity contribution in [3.8, 4) is 0 Å². The van der Waals surface area contributed by atoms with Crippen LogP contribution in [0.1, 0.15) is 27.6 Å². The zero-order valence-corrected chi connectivity index (χ0v) is 12.5. The van der Waals surface area contributed by atoms with Gasteiger partial charge in [-0.1, -0.05) is 84.9 Å². The molecule has 0 heterocycles. The molecule has 0 saturated heterocycles. The first kappa shape index (κ1) is 13.9. The van der Waals surface area contributed by atoms with Gasteiger partial charge in [-0.15, -0.1) is 11.6 Å². The molecular formula is C20H17Cl. The first-order valence-corrected chi connectivity index (χ1v) is 7.58. The van der Waals surface area contributed by atoms with E-state index in [9.17, 15) is 0 Å². The van der Waals surface area contributed by atoms with E-state index >= 15 is 0 Å². The summed E-state index contributed by atoms with van der Waals surface area (Å²) >= 11 is 6.54. The van der Waals surface area contributed by atoms with Gasteiger partial charge in [0.05, 0.1) is 5.38 Å². The molecule has 1 unspecified atom stereocenters. The summed E-state index contributed by atoms with van der Waals surface area (Å²) < 4.78 is 0. The van der Waals surface area contributed by atoms with Crippen LogP contribution in [-0.2, 0) is 6.42 Å². The van der Waals surface area contributed by atoms with Crippen molar-refractivity contribution in [2.75, 3.05) is 0 Å². The van der Waals surface area contributed by atoms with Gasteiger partial charge in [-0.3, -0.25) is 0 Å². The average Bonchev–Trinajstić information content (AvgIpc) is 2.57. The van der Waals surface area contributed by atoms with Crippen LogP contribution in [0.3, 0.4) is 0 Å². The van der Waals surface area contributed by atoms with Crippen LogP contribution >= 0.6 is 11.6 Å². The smallest absolute Gasteiger partial charge is 0.0835 e. The van der Waals surface area contributed by atoms with E-state index in [2.05, 4.69) is 60.7 Å². The second-order valence-corrected chi connectivity index (χ2v) is 5.61. The summed E-state index contributed by atoms with van der Waals surface area (Å²) in [6, 6.07) is 29.3. The number of halogens is 1. The molecule has 0 aliphatic carbocycles. The molecule has 0 amide bonds. The van der Waals surface area contributed by atoms with Gasteiger partial charge in [0, 0.05) is 0 Å². The zero-order chi connectivity index (χ0) is 14.5. The van der Waals surface area contributed by atoms with Gasteiger partial charge in [-0.25, -0.2) is 0 Å². The summed E-state index contributed by atoms with van der Waals surface area (Å²) in [7, 11) is 0. The van der Waals surface area contributed by atoms with Crippen LogP contribution in [0.15, 0.2) is 84.9 Å². The van der Waals surface area contributed by atoms with E-state index < -0.39 is 0 Å². The molecule has 3 rings (SSSR count). The lowest BCUT2D eigenvalue weighted by atomic mass is 10.00.